The number of pyridine rings is 2. The van der Waals surface area contributed by atoms with E-state index in [0.29, 0.717) is 17.5 Å². The average molecular weight is 336 g/mol. The summed E-state index contributed by atoms with van der Waals surface area (Å²) in [6, 6.07) is 6.79. The molecule has 0 spiro atoms. The molecule has 1 fully saturated rings. The summed E-state index contributed by atoms with van der Waals surface area (Å²) in [5, 5.41) is 0. The number of aryl methyl sites for hydroxylation is 1. The fourth-order valence-electron chi connectivity index (χ4n) is 3.62. The van der Waals surface area contributed by atoms with E-state index < -0.39 is 0 Å². The van der Waals surface area contributed by atoms with Gasteiger partial charge in [0.05, 0.1) is 18.5 Å². The van der Waals surface area contributed by atoms with Gasteiger partial charge in [0.2, 0.25) is 0 Å². The van der Waals surface area contributed by atoms with Gasteiger partial charge in [-0.1, -0.05) is 0 Å². The van der Waals surface area contributed by atoms with Crippen LogP contribution in [0.15, 0.2) is 42.9 Å². The quantitative estimate of drug-likeness (QED) is 0.573. The fourth-order valence-corrected chi connectivity index (χ4v) is 3.62. The van der Waals surface area contributed by atoms with Crippen molar-refractivity contribution < 1.29 is 9.13 Å². The van der Waals surface area contributed by atoms with Gasteiger partial charge >= 0.3 is 0 Å². The summed E-state index contributed by atoms with van der Waals surface area (Å²) < 4.78 is 22.6. The first-order valence-electron chi connectivity index (χ1n) is 8.31. The minimum Gasteiger partial charge on any atom is -0.497 e. The molecule has 2 atom stereocenters. The van der Waals surface area contributed by atoms with Gasteiger partial charge in [0.25, 0.3) is 0 Å². The van der Waals surface area contributed by atoms with Gasteiger partial charge in [0, 0.05) is 48.3 Å². The highest BCUT2D eigenvalue weighted by Gasteiger charge is 2.44. The zero-order chi connectivity index (χ0) is 17.1. The maximum atomic E-state index is 13.4. The van der Waals surface area contributed by atoms with Gasteiger partial charge in [-0.2, -0.15) is 0 Å². The van der Waals surface area contributed by atoms with E-state index in [2.05, 4.69) is 16.3 Å². The van der Waals surface area contributed by atoms with Gasteiger partial charge in [-0.05, 0) is 25.5 Å². The van der Waals surface area contributed by atoms with Crippen LogP contribution in [0.25, 0.3) is 11.3 Å². The summed E-state index contributed by atoms with van der Waals surface area (Å²) >= 11 is 0. The number of hydrogen-bond donors (Lipinski definition) is 0. The number of rotatable bonds is 3. The third-order valence-electron chi connectivity index (χ3n) is 5.07. The molecule has 0 N–H and O–H groups in total. The second-order valence-corrected chi connectivity index (χ2v) is 6.60. The molecular formula is C19H17FN4O. The lowest BCUT2D eigenvalue weighted by Crippen LogP contribution is -1.90. The molecular weight excluding hydrogens is 319 g/mol. The molecule has 126 valence electrons. The number of methoxy groups -OCH3 is 1. The maximum Gasteiger partial charge on any atom is 0.140 e. The molecule has 25 heavy (non-hydrogen) atoms. The summed E-state index contributed by atoms with van der Waals surface area (Å²) in [4.78, 5) is 9.41. The van der Waals surface area contributed by atoms with Crippen molar-refractivity contribution in [3.63, 3.8) is 0 Å². The van der Waals surface area contributed by atoms with Crippen LogP contribution in [0.4, 0.5) is 4.39 Å². The Morgan fingerprint density at radius 1 is 1.12 bits per heavy atom. The molecule has 0 aliphatic heterocycles. The first-order chi connectivity index (χ1) is 12.1. The highest BCUT2D eigenvalue weighted by Crippen LogP contribution is 2.54. The molecule has 6 heteroatoms. The topological polar surface area (TPSA) is 43.8 Å². The number of ether oxygens (including phenoxy) is 1. The largest absolute Gasteiger partial charge is 0.497 e. The van der Waals surface area contributed by atoms with Crippen LogP contribution in [-0.2, 0) is 0 Å². The van der Waals surface area contributed by atoms with Crippen LogP contribution in [0.2, 0.25) is 0 Å². The van der Waals surface area contributed by atoms with Crippen molar-refractivity contribution in [3.8, 4) is 5.75 Å². The Hall–Kier alpha value is -2.89. The zero-order valence-electron chi connectivity index (χ0n) is 14.0. The Labute approximate surface area is 143 Å². The molecule has 0 amide bonds. The number of aromatic nitrogens is 4. The van der Waals surface area contributed by atoms with Crippen molar-refractivity contribution in [2.24, 2.45) is 0 Å². The average Bonchev–Trinajstić information content (AvgIpc) is 3.19. The molecule has 0 radical (unpaired) electrons. The van der Waals surface area contributed by atoms with E-state index in [1.54, 1.807) is 13.3 Å². The monoisotopic (exact) mass is 336 g/mol. The van der Waals surface area contributed by atoms with Crippen molar-refractivity contribution in [1.82, 2.24) is 18.8 Å². The Bertz CT molecular complexity index is 1110. The smallest absolute Gasteiger partial charge is 0.140 e. The van der Waals surface area contributed by atoms with E-state index >= 15 is 0 Å². The second-order valence-electron chi connectivity index (χ2n) is 6.60. The summed E-state index contributed by atoms with van der Waals surface area (Å²) in [7, 11) is 1.66. The van der Waals surface area contributed by atoms with Crippen molar-refractivity contribution in [3.05, 3.63) is 65.8 Å². The van der Waals surface area contributed by atoms with E-state index in [1.807, 2.05) is 28.9 Å². The molecule has 5 nitrogen and oxygen atoms in total. The minimum absolute atomic E-state index is 0.262. The second kappa shape index (κ2) is 5.05. The minimum atomic E-state index is -0.262. The molecule has 1 saturated carbocycles. The number of imidazole rings is 2. The predicted octanol–water partition coefficient (Wildman–Crippen LogP) is 3.71. The molecule has 1 aliphatic carbocycles. The van der Waals surface area contributed by atoms with Crippen molar-refractivity contribution in [2.75, 3.05) is 7.11 Å². The number of halogens is 1. The van der Waals surface area contributed by atoms with Crippen molar-refractivity contribution in [2.45, 2.75) is 25.2 Å². The zero-order valence-corrected chi connectivity index (χ0v) is 14.0. The molecule has 0 aromatic carbocycles. The predicted molar refractivity (Wildman–Crippen MR) is 91.7 cm³/mol. The normalized spacial score (nSPS) is 19.6. The fraction of sp³-hybridized carbons (Fsp3) is 0.263. The molecule has 4 aromatic heterocycles. The van der Waals surface area contributed by atoms with Gasteiger partial charge in [-0.15, -0.1) is 0 Å². The summed E-state index contributed by atoms with van der Waals surface area (Å²) in [5.41, 5.74) is 4.82. The Morgan fingerprint density at radius 3 is 2.84 bits per heavy atom. The number of hydrogen-bond acceptors (Lipinski definition) is 3. The van der Waals surface area contributed by atoms with Gasteiger partial charge in [0.15, 0.2) is 0 Å². The third kappa shape index (κ3) is 2.21. The molecule has 0 bridgehead atoms. The van der Waals surface area contributed by atoms with E-state index in [0.717, 1.165) is 34.9 Å². The SMILES string of the molecule is COc1ccn2c(C)c(C3CC3c3cn4ccc(F)cc4n3)nc2c1. The molecule has 5 rings (SSSR count). The van der Waals surface area contributed by atoms with Crippen LogP contribution in [0.3, 0.4) is 0 Å². The molecule has 1 aliphatic rings. The van der Waals surface area contributed by atoms with Crippen LogP contribution < -0.4 is 4.74 Å². The molecule has 4 aromatic rings. The van der Waals surface area contributed by atoms with Gasteiger partial charge < -0.3 is 13.5 Å². The lowest BCUT2D eigenvalue weighted by Gasteiger charge is -2.00. The van der Waals surface area contributed by atoms with Crippen LogP contribution in [0.5, 0.6) is 5.75 Å². The van der Waals surface area contributed by atoms with Crippen LogP contribution in [-0.4, -0.2) is 25.9 Å². The Balaban J connectivity index is 1.50. The van der Waals surface area contributed by atoms with Crippen molar-refractivity contribution >= 4 is 11.3 Å². The van der Waals surface area contributed by atoms with E-state index in [9.17, 15) is 4.39 Å². The van der Waals surface area contributed by atoms with Crippen molar-refractivity contribution in [1.29, 1.82) is 0 Å². The molecule has 2 unspecified atom stereocenters. The summed E-state index contributed by atoms with van der Waals surface area (Å²) in [6.45, 7) is 2.09. The Kier molecular flexibility index (Phi) is 2.92. The van der Waals surface area contributed by atoms with Gasteiger partial charge in [-0.3, -0.25) is 0 Å². The number of fused-ring (bicyclic) bond motifs is 2. The first kappa shape index (κ1) is 14.5. The highest BCUT2D eigenvalue weighted by molar-refractivity contribution is 5.50. The Morgan fingerprint density at radius 2 is 2.00 bits per heavy atom. The lowest BCUT2D eigenvalue weighted by atomic mass is 10.2. The van der Waals surface area contributed by atoms with Crippen LogP contribution in [0, 0.1) is 12.7 Å². The lowest BCUT2D eigenvalue weighted by molar-refractivity contribution is 0.414. The van der Waals surface area contributed by atoms with E-state index in [4.69, 9.17) is 9.72 Å². The summed E-state index contributed by atoms with van der Waals surface area (Å²) in [5.74, 6) is 1.25. The summed E-state index contributed by atoms with van der Waals surface area (Å²) in [6.07, 6.45) is 6.72. The van der Waals surface area contributed by atoms with Crippen LogP contribution in [0.1, 0.15) is 35.3 Å². The van der Waals surface area contributed by atoms with Gasteiger partial charge in [0.1, 0.15) is 22.9 Å². The molecule has 0 saturated heterocycles. The first-order valence-corrected chi connectivity index (χ1v) is 8.31. The van der Waals surface area contributed by atoms with Crippen LogP contribution >= 0.6 is 0 Å². The van der Waals surface area contributed by atoms with E-state index in [1.165, 1.54) is 12.1 Å². The number of nitrogens with zero attached hydrogens (tertiary/aromatic N) is 4. The highest BCUT2D eigenvalue weighted by atomic mass is 19.1. The third-order valence-corrected chi connectivity index (χ3v) is 5.07. The standard InChI is InChI=1S/C19H17FN4O/c1-11-19(22-18-8-13(25-2)4-6-24(11)18)15-9-14(15)16-10-23-5-3-12(20)7-17(23)21-16/h3-8,10,14-15H,9H2,1-2H3. The maximum absolute atomic E-state index is 13.4. The van der Waals surface area contributed by atoms with Gasteiger partial charge in [-0.25, -0.2) is 14.4 Å². The van der Waals surface area contributed by atoms with E-state index in [-0.39, 0.29) is 5.82 Å². The molecule has 4 heterocycles.